The second kappa shape index (κ2) is 7.72. The third-order valence-corrected chi connectivity index (χ3v) is 2.94. The first-order valence-electron chi connectivity index (χ1n) is 5.93. The van der Waals surface area contributed by atoms with Crippen molar-refractivity contribution in [3.63, 3.8) is 0 Å². The van der Waals surface area contributed by atoms with Gasteiger partial charge in [0.1, 0.15) is 0 Å². The Kier molecular flexibility index (Phi) is 6.62. The van der Waals surface area contributed by atoms with Gasteiger partial charge in [0, 0.05) is 13.7 Å². The van der Waals surface area contributed by atoms with Gasteiger partial charge in [0.15, 0.2) is 0 Å². The minimum absolute atomic E-state index is 0.0508. The first-order chi connectivity index (χ1) is 8.93. The number of hydrogen-bond acceptors (Lipinski definition) is 2. The Balaban J connectivity index is 2.31. The summed E-state index contributed by atoms with van der Waals surface area (Å²) in [6.07, 6.45) is -3.53. The molecular weight excluding hydrogens is 279 g/mol. The van der Waals surface area contributed by atoms with E-state index in [1.165, 1.54) is 12.1 Å². The van der Waals surface area contributed by atoms with Crippen molar-refractivity contribution < 1.29 is 17.9 Å². The van der Waals surface area contributed by atoms with Gasteiger partial charge >= 0.3 is 6.18 Å². The summed E-state index contributed by atoms with van der Waals surface area (Å²) in [6.45, 7) is 1.71. The van der Waals surface area contributed by atoms with Crippen molar-refractivity contribution in [3.05, 3.63) is 35.4 Å². The average Bonchev–Trinajstić information content (AvgIpc) is 2.34. The largest absolute Gasteiger partial charge is 0.416 e. The molecule has 0 fully saturated rings. The van der Waals surface area contributed by atoms with Gasteiger partial charge in [-0.2, -0.15) is 13.2 Å². The van der Waals surface area contributed by atoms with Crippen LogP contribution < -0.4 is 5.32 Å². The van der Waals surface area contributed by atoms with Crippen LogP contribution in [-0.2, 0) is 17.5 Å². The maximum absolute atomic E-state index is 12.3. The molecule has 108 valence electrons. The zero-order valence-corrected chi connectivity index (χ0v) is 11.4. The van der Waals surface area contributed by atoms with E-state index >= 15 is 0 Å². The summed E-state index contributed by atoms with van der Waals surface area (Å²) in [5.74, 6) is 0. The molecule has 1 aromatic carbocycles. The van der Waals surface area contributed by atoms with Crippen molar-refractivity contribution in [2.24, 2.45) is 0 Å². The van der Waals surface area contributed by atoms with Gasteiger partial charge in [-0.25, -0.2) is 0 Å². The molecule has 0 bridgehead atoms. The van der Waals surface area contributed by atoms with Gasteiger partial charge in [-0.3, -0.25) is 0 Å². The highest BCUT2D eigenvalue weighted by molar-refractivity contribution is 6.20. The van der Waals surface area contributed by atoms with Crippen LogP contribution in [-0.4, -0.2) is 25.6 Å². The molecule has 1 rings (SSSR count). The van der Waals surface area contributed by atoms with Crippen molar-refractivity contribution in [3.8, 4) is 0 Å². The number of hydrogen-bond donors (Lipinski definition) is 1. The quantitative estimate of drug-likeness (QED) is 0.614. The Bertz CT molecular complexity index is 367. The lowest BCUT2D eigenvalue weighted by atomic mass is 10.1. The SMILES string of the molecule is COCC(Cl)CCNCc1ccc(C(F)(F)F)cc1. The monoisotopic (exact) mass is 295 g/mol. The molecule has 1 aromatic rings. The van der Waals surface area contributed by atoms with E-state index in [0.717, 1.165) is 24.1 Å². The zero-order valence-electron chi connectivity index (χ0n) is 10.6. The number of methoxy groups -OCH3 is 1. The molecule has 0 aliphatic heterocycles. The second-order valence-electron chi connectivity index (χ2n) is 4.21. The summed E-state index contributed by atoms with van der Waals surface area (Å²) in [5, 5.41) is 3.08. The molecule has 0 aliphatic carbocycles. The minimum atomic E-state index is -4.28. The molecule has 1 atom stereocenters. The summed E-state index contributed by atoms with van der Waals surface area (Å²) in [5.41, 5.74) is 0.183. The molecule has 2 nitrogen and oxygen atoms in total. The smallest absolute Gasteiger partial charge is 0.383 e. The third-order valence-electron chi connectivity index (χ3n) is 2.59. The fourth-order valence-electron chi connectivity index (χ4n) is 1.57. The number of benzene rings is 1. The number of alkyl halides is 4. The van der Waals surface area contributed by atoms with Crippen molar-refractivity contribution in [1.82, 2.24) is 5.32 Å². The first kappa shape index (κ1) is 16.3. The highest BCUT2D eigenvalue weighted by Gasteiger charge is 2.29. The van der Waals surface area contributed by atoms with Gasteiger partial charge < -0.3 is 10.1 Å². The van der Waals surface area contributed by atoms with Gasteiger partial charge in [0.2, 0.25) is 0 Å². The molecule has 0 heterocycles. The van der Waals surface area contributed by atoms with Crippen molar-refractivity contribution in [1.29, 1.82) is 0 Å². The number of nitrogens with one attached hydrogen (secondary N) is 1. The highest BCUT2D eigenvalue weighted by Crippen LogP contribution is 2.28. The first-order valence-corrected chi connectivity index (χ1v) is 6.37. The summed E-state index contributed by atoms with van der Waals surface area (Å²) in [6, 6.07) is 5.13. The van der Waals surface area contributed by atoms with Crippen LogP contribution in [0.15, 0.2) is 24.3 Å². The lowest BCUT2D eigenvalue weighted by molar-refractivity contribution is -0.137. The van der Waals surface area contributed by atoms with E-state index in [1.54, 1.807) is 7.11 Å². The fraction of sp³-hybridized carbons (Fsp3) is 0.538. The van der Waals surface area contributed by atoms with E-state index in [-0.39, 0.29) is 5.38 Å². The van der Waals surface area contributed by atoms with E-state index in [2.05, 4.69) is 5.32 Å². The van der Waals surface area contributed by atoms with E-state index in [9.17, 15) is 13.2 Å². The molecule has 0 spiro atoms. The van der Waals surface area contributed by atoms with Crippen LogP contribution >= 0.6 is 11.6 Å². The lowest BCUT2D eigenvalue weighted by Gasteiger charge is -2.10. The topological polar surface area (TPSA) is 21.3 Å². The van der Waals surface area contributed by atoms with E-state index in [1.807, 2.05) is 0 Å². The van der Waals surface area contributed by atoms with Crippen LogP contribution in [0.3, 0.4) is 0 Å². The number of halogens is 4. The Labute approximate surface area is 115 Å². The molecule has 0 aliphatic rings. The van der Waals surface area contributed by atoms with Crippen LogP contribution in [0.2, 0.25) is 0 Å². The summed E-state index contributed by atoms with van der Waals surface area (Å²) in [7, 11) is 1.59. The minimum Gasteiger partial charge on any atom is -0.383 e. The normalized spacial score (nSPS) is 13.5. The van der Waals surface area contributed by atoms with Crippen molar-refractivity contribution >= 4 is 11.6 Å². The predicted octanol–water partition coefficient (Wildman–Crippen LogP) is 3.44. The molecular formula is C13H17ClF3NO. The maximum Gasteiger partial charge on any atom is 0.416 e. The highest BCUT2D eigenvalue weighted by atomic mass is 35.5. The lowest BCUT2D eigenvalue weighted by Crippen LogP contribution is -2.20. The molecule has 1 N–H and O–H groups in total. The molecule has 0 aromatic heterocycles. The number of ether oxygens (including phenoxy) is 1. The van der Waals surface area contributed by atoms with Crippen LogP contribution in [0.4, 0.5) is 13.2 Å². The van der Waals surface area contributed by atoms with Gasteiger partial charge in [0.05, 0.1) is 17.5 Å². The molecule has 0 radical (unpaired) electrons. The molecule has 1 unspecified atom stereocenters. The van der Waals surface area contributed by atoms with Crippen molar-refractivity contribution in [2.45, 2.75) is 24.5 Å². The molecule has 0 amide bonds. The standard InChI is InChI=1S/C13H17ClF3NO/c1-19-9-12(14)6-7-18-8-10-2-4-11(5-3-10)13(15,16)17/h2-5,12,18H,6-9H2,1H3. The third kappa shape index (κ3) is 6.27. The summed E-state index contributed by atoms with van der Waals surface area (Å²) >= 11 is 5.94. The van der Waals surface area contributed by atoms with Crippen LogP contribution in [0.5, 0.6) is 0 Å². The fourth-order valence-corrected chi connectivity index (χ4v) is 1.80. The van der Waals surface area contributed by atoms with Crippen LogP contribution in [0, 0.1) is 0 Å². The summed E-state index contributed by atoms with van der Waals surface area (Å²) < 4.78 is 41.9. The Morgan fingerprint density at radius 2 is 1.89 bits per heavy atom. The average molecular weight is 296 g/mol. The zero-order chi connectivity index (χ0) is 14.3. The van der Waals surface area contributed by atoms with E-state index in [4.69, 9.17) is 16.3 Å². The summed E-state index contributed by atoms with van der Waals surface area (Å²) in [4.78, 5) is 0. The van der Waals surface area contributed by atoms with E-state index < -0.39 is 11.7 Å². The van der Waals surface area contributed by atoms with Crippen LogP contribution in [0.25, 0.3) is 0 Å². The van der Waals surface area contributed by atoms with Crippen molar-refractivity contribution in [2.75, 3.05) is 20.3 Å². The molecule has 6 heteroatoms. The Hall–Kier alpha value is -0.780. The number of rotatable bonds is 7. The molecule has 0 saturated heterocycles. The Morgan fingerprint density at radius 1 is 1.26 bits per heavy atom. The van der Waals surface area contributed by atoms with Gasteiger partial charge in [0.25, 0.3) is 0 Å². The van der Waals surface area contributed by atoms with Gasteiger partial charge in [-0.1, -0.05) is 12.1 Å². The van der Waals surface area contributed by atoms with Gasteiger partial charge in [-0.15, -0.1) is 11.6 Å². The van der Waals surface area contributed by atoms with E-state index in [0.29, 0.717) is 19.7 Å². The molecule has 19 heavy (non-hydrogen) atoms. The molecule has 0 saturated carbocycles. The van der Waals surface area contributed by atoms with Crippen LogP contribution in [0.1, 0.15) is 17.5 Å². The predicted molar refractivity (Wildman–Crippen MR) is 69.3 cm³/mol. The Morgan fingerprint density at radius 3 is 2.42 bits per heavy atom. The second-order valence-corrected chi connectivity index (χ2v) is 4.83. The van der Waals surface area contributed by atoms with Gasteiger partial charge in [-0.05, 0) is 30.7 Å². The maximum atomic E-state index is 12.3.